The van der Waals surface area contributed by atoms with Gasteiger partial charge in [-0.25, -0.2) is 8.42 Å². The van der Waals surface area contributed by atoms with Crippen LogP contribution in [0.15, 0.2) is 138 Å². The smallest absolute Gasteiger partial charge is 0.124 e. The minimum absolute atomic E-state index is 0.178. The molecule has 1 atom stereocenters. The van der Waals surface area contributed by atoms with Crippen molar-refractivity contribution in [1.82, 2.24) is 0 Å². The van der Waals surface area contributed by atoms with Crippen LogP contribution in [-0.4, -0.2) is 19.1 Å². The Morgan fingerprint density at radius 1 is 0.744 bits per heavy atom. The lowest BCUT2D eigenvalue weighted by atomic mass is 9.84. The van der Waals surface area contributed by atoms with Gasteiger partial charge in [0.1, 0.15) is 33.3 Å². The van der Waals surface area contributed by atoms with Crippen molar-refractivity contribution in [2.45, 2.75) is 31.1 Å². The van der Waals surface area contributed by atoms with Crippen LogP contribution in [-0.2, 0) is 23.0 Å². The number of nitriles is 1. The molecule has 1 aliphatic rings. The monoisotopic (exact) mass is 603 g/mol. The Morgan fingerprint density at radius 2 is 1.26 bits per heavy atom. The minimum Gasteiger partial charge on any atom is -0.744 e. The van der Waals surface area contributed by atoms with Gasteiger partial charge in [0.2, 0.25) is 0 Å². The second-order valence-electron chi connectivity index (χ2n) is 11.0. The van der Waals surface area contributed by atoms with Gasteiger partial charge in [-0.05, 0) is 104 Å². The number of rotatable bonds is 6. The van der Waals surface area contributed by atoms with Crippen LogP contribution in [0.25, 0.3) is 0 Å². The molecule has 0 radical (unpaired) electrons. The van der Waals surface area contributed by atoms with Crippen LogP contribution in [0.3, 0.4) is 0 Å². The second kappa shape index (κ2) is 13.5. The molecule has 1 unspecified atom stereocenters. The molecule has 0 saturated heterocycles. The Labute approximate surface area is 255 Å². The summed E-state index contributed by atoms with van der Waals surface area (Å²) in [4.78, 5) is -0.178. The van der Waals surface area contributed by atoms with Gasteiger partial charge in [-0.1, -0.05) is 78.4 Å². The van der Waals surface area contributed by atoms with Gasteiger partial charge in [-0.3, -0.25) is 0 Å². The normalized spacial score (nSPS) is 14.5. The lowest BCUT2D eigenvalue weighted by Crippen LogP contribution is -2.36. The molecule has 43 heavy (non-hydrogen) atoms. The van der Waals surface area contributed by atoms with Crippen molar-refractivity contribution in [1.29, 1.82) is 5.26 Å². The highest BCUT2D eigenvalue weighted by molar-refractivity contribution is 7.95. The third-order valence-electron chi connectivity index (χ3n) is 8.10. The van der Waals surface area contributed by atoms with E-state index in [0.717, 1.165) is 24.0 Å². The molecule has 6 heteroatoms. The zero-order valence-electron chi connectivity index (χ0n) is 24.1. The molecular weight excluding hydrogens is 569 g/mol. The summed E-state index contributed by atoms with van der Waals surface area (Å²) in [6, 6.07) is 47.9. The van der Waals surface area contributed by atoms with Crippen LogP contribution in [0.5, 0.6) is 0 Å². The van der Waals surface area contributed by atoms with Crippen molar-refractivity contribution in [3.8, 4) is 6.07 Å². The van der Waals surface area contributed by atoms with Crippen LogP contribution in [0.4, 0.5) is 0 Å². The molecule has 0 aliphatic heterocycles. The summed E-state index contributed by atoms with van der Waals surface area (Å²) in [7, 11) is -6.07. The second-order valence-corrected chi connectivity index (χ2v) is 15.9. The molecule has 6 rings (SSSR count). The minimum atomic E-state index is -4.27. The largest absolute Gasteiger partial charge is 0.744 e. The summed E-state index contributed by atoms with van der Waals surface area (Å²) in [5, 5.41) is 13.7. The number of benzene rings is 5. The van der Waals surface area contributed by atoms with Gasteiger partial charge in [-0.15, -0.1) is 0 Å². The average molecular weight is 604 g/mol. The van der Waals surface area contributed by atoms with E-state index in [1.807, 2.05) is 13.0 Å². The Morgan fingerprint density at radius 3 is 1.72 bits per heavy atom. The van der Waals surface area contributed by atoms with E-state index in [1.54, 1.807) is 12.1 Å². The standard InChI is InChI=1S/C30H27NP.C7H8O3S/c31-22-24-16-18-27-21-25(17-19-26(27)20-24)23-32(28-10-4-1-5-11-28,29-12-6-2-7-13-29)30-14-8-3-9-15-30;1-6-2-4-7(5-3-6)11(8,9)10/h1-16,18,20,25H,17,19,21,23H2;2-5H,1H3,(H,8,9,10)/q+1;/p-1. The molecule has 1 aliphatic carbocycles. The number of hydrogen-bond donors (Lipinski definition) is 0. The summed E-state index contributed by atoms with van der Waals surface area (Å²) in [5.74, 6) is 0.615. The number of hydrogen-bond acceptors (Lipinski definition) is 4. The van der Waals surface area contributed by atoms with Gasteiger partial charge in [0.25, 0.3) is 0 Å². The molecule has 0 heterocycles. The molecule has 0 amide bonds. The third-order valence-corrected chi connectivity index (χ3v) is 13.6. The summed E-state index contributed by atoms with van der Waals surface area (Å²) in [5.41, 5.74) is 4.50. The Balaban J connectivity index is 0.000000283. The van der Waals surface area contributed by atoms with Crippen LogP contribution in [0, 0.1) is 24.2 Å². The van der Waals surface area contributed by atoms with E-state index in [2.05, 4.69) is 109 Å². The molecule has 4 nitrogen and oxygen atoms in total. The van der Waals surface area contributed by atoms with Gasteiger partial charge in [0.15, 0.2) is 0 Å². The van der Waals surface area contributed by atoms with Crippen LogP contribution < -0.4 is 15.9 Å². The Bertz CT molecular complexity index is 1710. The van der Waals surface area contributed by atoms with Crippen molar-refractivity contribution in [3.63, 3.8) is 0 Å². The fourth-order valence-corrected chi connectivity index (χ4v) is 11.1. The van der Waals surface area contributed by atoms with Gasteiger partial charge < -0.3 is 4.55 Å². The molecule has 5 aromatic rings. The molecule has 0 saturated carbocycles. The van der Waals surface area contributed by atoms with Crippen LogP contribution in [0.2, 0.25) is 0 Å². The summed E-state index contributed by atoms with van der Waals surface area (Å²) in [6.45, 7) is 1.82. The lowest BCUT2D eigenvalue weighted by molar-refractivity contribution is 0.463. The van der Waals surface area contributed by atoms with Gasteiger partial charge in [0.05, 0.1) is 22.7 Å². The fraction of sp³-hybridized carbons (Fsp3) is 0.162. The molecule has 216 valence electrons. The number of nitrogens with zero attached hydrogens (tertiary/aromatic N) is 1. The van der Waals surface area contributed by atoms with Crippen molar-refractivity contribution in [2.24, 2.45) is 5.92 Å². The maximum atomic E-state index is 10.4. The molecule has 5 aromatic carbocycles. The zero-order chi connectivity index (χ0) is 30.3. The first-order valence-electron chi connectivity index (χ1n) is 14.4. The molecule has 0 spiro atoms. The Kier molecular flexibility index (Phi) is 9.53. The SMILES string of the molecule is Cc1ccc(S(=O)(=O)[O-])cc1.N#Cc1ccc2c(c1)CCC(C[P+](c1ccccc1)(c1ccccc1)c1ccccc1)C2. The predicted octanol–water partition coefficient (Wildman–Crippen LogP) is 6.56. The third kappa shape index (κ3) is 7.12. The molecule has 0 aromatic heterocycles. The zero-order valence-corrected chi connectivity index (χ0v) is 25.8. The van der Waals surface area contributed by atoms with E-state index in [9.17, 15) is 18.2 Å². The first-order chi connectivity index (χ1) is 20.8. The molecule has 0 N–H and O–H groups in total. The maximum Gasteiger partial charge on any atom is 0.124 e. The van der Waals surface area contributed by atoms with Crippen molar-refractivity contribution in [3.05, 3.63) is 156 Å². The van der Waals surface area contributed by atoms with Gasteiger partial charge in [0, 0.05) is 0 Å². The van der Waals surface area contributed by atoms with Crippen molar-refractivity contribution >= 4 is 33.3 Å². The first kappa shape index (κ1) is 30.4. The highest BCUT2D eigenvalue weighted by Crippen LogP contribution is 2.57. The first-order valence-corrected chi connectivity index (χ1v) is 17.8. The Hall–Kier alpha value is -4.07. The maximum absolute atomic E-state index is 10.4. The highest BCUT2D eigenvalue weighted by atomic mass is 32.2. The summed E-state index contributed by atoms with van der Waals surface area (Å²) >= 11 is 0. The molecule has 0 bridgehead atoms. The topological polar surface area (TPSA) is 81.0 Å². The van der Waals surface area contributed by atoms with Crippen molar-refractivity contribution in [2.75, 3.05) is 6.16 Å². The molecule has 0 fully saturated rings. The van der Waals surface area contributed by atoms with E-state index in [4.69, 9.17) is 0 Å². The lowest BCUT2D eigenvalue weighted by Gasteiger charge is -2.33. The fourth-order valence-electron chi connectivity index (χ4n) is 5.96. The van der Waals surface area contributed by atoms with E-state index >= 15 is 0 Å². The summed E-state index contributed by atoms with van der Waals surface area (Å²) in [6.07, 6.45) is 4.50. The quantitative estimate of drug-likeness (QED) is 0.163. The van der Waals surface area contributed by atoms with E-state index in [-0.39, 0.29) is 4.90 Å². The van der Waals surface area contributed by atoms with Crippen LogP contribution in [0.1, 0.15) is 28.7 Å². The van der Waals surface area contributed by atoms with E-state index < -0.39 is 17.4 Å². The van der Waals surface area contributed by atoms with Gasteiger partial charge >= 0.3 is 0 Å². The predicted molar refractivity (Wildman–Crippen MR) is 176 cm³/mol. The van der Waals surface area contributed by atoms with E-state index in [1.165, 1.54) is 51.8 Å². The summed E-state index contributed by atoms with van der Waals surface area (Å²) < 4.78 is 31.2. The van der Waals surface area contributed by atoms with Crippen molar-refractivity contribution < 1.29 is 13.0 Å². The van der Waals surface area contributed by atoms with Crippen LogP contribution >= 0.6 is 7.26 Å². The molecular formula is C37H34NO3PS. The number of fused-ring (bicyclic) bond motifs is 1. The average Bonchev–Trinajstić information content (AvgIpc) is 3.04. The van der Waals surface area contributed by atoms with Gasteiger partial charge in [-0.2, -0.15) is 5.26 Å². The highest BCUT2D eigenvalue weighted by Gasteiger charge is 2.47. The van der Waals surface area contributed by atoms with E-state index in [0.29, 0.717) is 5.92 Å². The number of aryl methyl sites for hydroxylation is 2.